The lowest BCUT2D eigenvalue weighted by Crippen LogP contribution is -2.50. The number of carbonyl (C=O) groups excluding carboxylic acids is 2. The molecule has 1 aromatic carbocycles. The average Bonchev–Trinajstić information content (AvgIpc) is 2.47. The minimum Gasteiger partial charge on any atom is -0.376 e. The molecule has 124 valence electrons. The van der Waals surface area contributed by atoms with Gasteiger partial charge in [-0.1, -0.05) is 13.8 Å². The van der Waals surface area contributed by atoms with Gasteiger partial charge in [-0.05, 0) is 31.0 Å². The molecule has 0 heterocycles. The maximum absolute atomic E-state index is 13.5. The third-order valence-corrected chi connectivity index (χ3v) is 3.52. The van der Waals surface area contributed by atoms with E-state index in [2.05, 4.69) is 22.0 Å². The number of nitrogens with zero attached hydrogens (tertiary/aromatic N) is 1. The number of rotatable bonds is 6. The van der Waals surface area contributed by atoms with Crippen LogP contribution in [0.5, 0.6) is 0 Å². The Morgan fingerprint density at radius 2 is 2.04 bits per heavy atom. The number of hydrogen-bond donors (Lipinski definition) is 3. The minimum atomic E-state index is -0.955. The zero-order chi connectivity index (χ0) is 17.6. The van der Waals surface area contributed by atoms with Crippen LogP contribution >= 0.6 is 0 Å². The molecule has 23 heavy (non-hydrogen) atoms. The van der Waals surface area contributed by atoms with Gasteiger partial charge in [-0.3, -0.25) is 9.59 Å². The van der Waals surface area contributed by atoms with Crippen LogP contribution < -0.4 is 16.0 Å². The average molecular weight is 320 g/mol. The second kappa shape index (κ2) is 7.58. The van der Waals surface area contributed by atoms with E-state index < -0.39 is 11.4 Å². The molecule has 1 atom stereocenters. The molecule has 0 spiro atoms. The van der Waals surface area contributed by atoms with E-state index in [4.69, 9.17) is 0 Å². The molecule has 0 fully saturated rings. The van der Waals surface area contributed by atoms with E-state index >= 15 is 0 Å². The minimum absolute atomic E-state index is 0.0342. The van der Waals surface area contributed by atoms with E-state index in [1.807, 2.05) is 13.8 Å². The van der Waals surface area contributed by atoms with Crippen LogP contribution in [0.2, 0.25) is 0 Å². The molecule has 7 heteroatoms. The highest BCUT2D eigenvalue weighted by atomic mass is 19.1. The largest absolute Gasteiger partial charge is 0.376 e. The first-order valence-electron chi connectivity index (χ1n) is 7.21. The highest BCUT2D eigenvalue weighted by Gasteiger charge is 2.29. The summed E-state index contributed by atoms with van der Waals surface area (Å²) >= 11 is 0. The fraction of sp³-hybridized carbons (Fsp3) is 0.438. The third kappa shape index (κ3) is 5.25. The number of nitriles is 1. The Hall–Kier alpha value is -2.62. The molecule has 0 aliphatic carbocycles. The van der Waals surface area contributed by atoms with Crippen molar-refractivity contribution in [2.75, 3.05) is 17.2 Å². The molecule has 0 saturated carbocycles. The van der Waals surface area contributed by atoms with E-state index in [0.717, 1.165) is 0 Å². The van der Waals surface area contributed by atoms with Gasteiger partial charge in [0.15, 0.2) is 0 Å². The van der Waals surface area contributed by atoms with Gasteiger partial charge in [0.2, 0.25) is 11.8 Å². The summed E-state index contributed by atoms with van der Waals surface area (Å²) in [7, 11) is 0. The number of halogens is 1. The number of anilines is 2. The van der Waals surface area contributed by atoms with Crippen LogP contribution in [-0.4, -0.2) is 23.9 Å². The van der Waals surface area contributed by atoms with E-state index in [-0.39, 0.29) is 30.0 Å². The molecule has 1 rings (SSSR count). The molecule has 0 aliphatic rings. The zero-order valence-corrected chi connectivity index (χ0v) is 13.7. The molecule has 1 unspecified atom stereocenters. The van der Waals surface area contributed by atoms with Gasteiger partial charge in [-0.15, -0.1) is 0 Å². The van der Waals surface area contributed by atoms with Crippen molar-refractivity contribution in [3.8, 4) is 6.07 Å². The molecule has 2 amide bonds. The lowest BCUT2D eigenvalue weighted by molar-refractivity contribution is -0.121. The van der Waals surface area contributed by atoms with Crippen molar-refractivity contribution in [3.63, 3.8) is 0 Å². The van der Waals surface area contributed by atoms with Crippen molar-refractivity contribution in [3.05, 3.63) is 24.0 Å². The standard InChI is InChI=1S/C16H21FN4O2/c1-10(2)16(4,9-18)21-15(23)8-19-12-5-6-13(17)14(7-12)20-11(3)22/h5-7,10,19H,8H2,1-4H3,(H,20,22)(H,21,23). The van der Waals surface area contributed by atoms with Crippen molar-refractivity contribution in [2.45, 2.75) is 33.2 Å². The van der Waals surface area contributed by atoms with Crippen molar-refractivity contribution >= 4 is 23.2 Å². The molecule has 1 aromatic rings. The predicted octanol–water partition coefficient (Wildman–Crippen LogP) is 2.25. The lowest BCUT2D eigenvalue weighted by atomic mass is 9.90. The van der Waals surface area contributed by atoms with Gasteiger partial charge in [0, 0.05) is 12.6 Å². The summed E-state index contributed by atoms with van der Waals surface area (Å²) < 4.78 is 13.5. The fourth-order valence-corrected chi connectivity index (χ4v) is 1.74. The van der Waals surface area contributed by atoms with Crippen LogP contribution in [0.4, 0.5) is 15.8 Å². The molecular weight excluding hydrogens is 299 g/mol. The highest BCUT2D eigenvalue weighted by molar-refractivity contribution is 5.89. The number of amides is 2. The summed E-state index contributed by atoms with van der Waals surface area (Å²) in [5, 5.41) is 17.0. The van der Waals surface area contributed by atoms with Crippen LogP contribution in [0.15, 0.2) is 18.2 Å². The Morgan fingerprint density at radius 1 is 1.39 bits per heavy atom. The second-order valence-electron chi connectivity index (χ2n) is 5.75. The van der Waals surface area contributed by atoms with Crippen molar-refractivity contribution in [2.24, 2.45) is 5.92 Å². The Labute approximate surface area is 135 Å². The summed E-state index contributed by atoms with van der Waals surface area (Å²) in [6, 6.07) is 6.14. The van der Waals surface area contributed by atoms with Gasteiger partial charge in [0.05, 0.1) is 18.3 Å². The molecule has 0 radical (unpaired) electrons. The van der Waals surface area contributed by atoms with E-state index in [1.165, 1.54) is 25.1 Å². The van der Waals surface area contributed by atoms with Crippen LogP contribution in [0.3, 0.4) is 0 Å². The van der Waals surface area contributed by atoms with Crippen LogP contribution in [0.25, 0.3) is 0 Å². The molecule has 0 saturated heterocycles. The fourth-order valence-electron chi connectivity index (χ4n) is 1.74. The number of nitrogens with one attached hydrogen (secondary N) is 3. The maximum Gasteiger partial charge on any atom is 0.240 e. The Morgan fingerprint density at radius 3 is 2.57 bits per heavy atom. The Kier molecular flexibility index (Phi) is 6.08. The highest BCUT2D eigenvalue weighted by Crippen LogP contribution is 2.19. The first-order valence-corrected chi connectivity index (χ1v) is 7.21. The molecule has 3 N–H and O–H groups in total. The van der Waals surface area contributed by atoms with E-state index in [0.29, 0.717) is 5.69 Å². The van der Waals surface area contributed by atoms with Crippen molar-refractivity contribution in [1.82, 2.24) is 5.32 Å². The summed E-state index contributed by atoms with van der Waals surface area (Å²) in [5.41, 5.74) is -0.441. The summed E-state index contributed by atoms with van der Waals surface area (Å²) in [6.07, 6.45) is 0. The summed E-state index contributed by atoms with van der Waals surface area (Å²) in [5.74, 6) is -1.35. The van der Waals surface area contributed by atoms with E-state index in [1.54, 1.807) is 6.92 Å². The monoisotopic (exact) mass is 320 g/mol. The van der Waals surface area contributed by atoms with Gasteiger partial charge in [0.1, 0.15) is 11.4 Å². The molecule has 0 aromatic heterocycles. The number of carbonyl (C=O) groups is 2. The van der Waals surface area contributed by atoms with Crippen molar-refractivity contribution < 1.29 is 14.0 Å². The van der Waals surface area contributed by atoms with Gasteiger partial charge in [-0.2, -0.15) is 5.26 Å². The second-order valence-corrected chi connectivity index (χ2v) is 5.75. The summed E-state index contributed by atoms with van der Waals surface area (Å²) in [4.78, 5) is 23.0. The Bertz CT molecular complexity index is 639. The molecule has 6 nitrogen and oxygen atoms in total. The normalized spacial score (nSPS) is 12.9. The molecule has 0 bridgehead atoms. The predicted molar refractivity (Wildman–Crippen MR) is 86.2 cm³/mol. The Balaban J connectivity index is 2.70. The number of hydrogen-bond acceptors (Lipinski definition) is 4. The van der Waals surface area contributed by atoms with E-state index in [9.17, 15) is 19.2 Å². The number of benzene rings is 1. The van der Waals surface area contributed by atoms with Crippen LogP contribution in [-0.2, 0) is 9.59 Å². The van der Waals surface area contributed by atoms with Gasteiger partial charge in [-0.25, -0.2) is 4.39 Å². The SMILES string of the molecule is CC(=O)Nc1cc(NCC(=O)NC(C)(C#N)C(C)C)ccc1F. The maximum atomic E-state index is 13.5. The lowest BCUT2D eigenvalue weighted by Gasteiger charge is -2.27. The van der Waals surface area contributed by atoms with Gasteiger partial charge in [0.25, 0.3) is 0 Å². The van der Waals surface area contributed by atoms with Crippen molar-refractivity contribution in [1.29, 1.82) is 5.26 Å². The quantitative estimate of drug-likeness (QED) is 0.749. The molecule has 0 aliphatic heterocycles. The smallest absolute Gasteiger partial charge is 0.240 e. The van der Waals surface area contributed by atoms with Gasteiger partial charge >= 0.3 is 0 Å². The molecular formula is C16H21FN4O2. The zero-order valence-electron chi connectivity index (χ0n) is 13.7. The topological polar surface area (TPSA) is 94.0 Å². The first-order chi connectivity index (χ1) is 10.7. The van der Waals surface area contributed by atoms with Gasteiger partial charge < -0.3 is 16.0 Å². The van der Waals surface area contributed by atoms with Crippen LogP contribution in [0.1, 0.15) is 27.7 Å². The van der Waals surface area contributed by atoms with Crippen LogP contribution in [0, 0.1) is 23.1 Å². The first kappa shape index (κ1) is 18.4. The summed E-state index contributed by atoms with van der Waals surface area (Å²) in [6.45, 7) is 6.55. The third-order valence-electron chi connectivity index (χ3n) is 3.52.